The molecule has 0 aliphatic carbocycles. The zero-order chi connectivity index (χ0) is 12.0. The highest BCUT2D eigenvalue weighted by molar-refractivity contribution is 8.00. The first-order valence-corrected chi connectivity index (χ1v) is 5.54. The van der Waals surface area contributed by atoms with Gasteiger partial charge in [0.2, 0.25) is 0 Å². The fourth-order valence-corrected chi connectivity index (χ4v) is 1.74. The predicted molar refractivity (Wildman–Crippen MR) is 63.0 cm³/mol. The number of urea groups is 1. The number of nitrogens with zero attached hydrogens (tertiary/aromatic N) is 1. The molecule has 4 nitrogen and oxygen atoms in total. The fraction of sp³-hybridized carbons (Fsp3) is 0.200. The average molecular weight is 241 g/mol. The van der Waals surface area contributed by atoms with Crippen LogP contribution in [0.2, 0.25) is 0 Å². The standard InChI is InChI=1S/C10H12FN3OS/c1-7(13-14-10(12)15)6-16-9-5-3-2-4-8(9)11/h2-5H,6H2,1H3,(H3,12,14,15). The number of hydrogen-bond acceptors (Lipinski definition) is 3. The second kappa shape index (κ2) is 6.12. The molecule has 0 heterocycles. The summed E-state index contributed by atoms with van der Waals surface area (Å²) in [6.45, 7) is 1.73. The van der Waals surface area contributed by atoms with E-state index in [4.69, 9.17) is 5.73 Å². The third-order valence-electron chi connectivity index (χ3n) is 1.63. The molecule has 0 aromatic heterocycles. The van der Waals surface area contributed by atoms with Crippen molar-refractivity contribution in [3.05, 3.63) is 30.1 Å². The molecule has 86 valence electrons. The first-order chi connectivity index (χ1) is 7.59. The Balaban J connectivity index is 2.49. The van der Waals surface area contributed by atoms with Gasteiger partial charge in [-0.15, -0.1) is 11.8 Å². The highest BCUT2D eigenvalue weighted by Crippen LogP contribution is 2.20. The number of hydrazone groups is 1. The topological polar surface area (TPSA) is 67.5 Å². The molecule has 0 radical (unpaired) electrons. The molecule has 2 amide bonds. The van der Waals surface area contributed by atoms with Gasteiger partial charge in [0.1, 0.15) is 5.82 Å². The molecule has 0 saturated heterocycles. The number of hydrogen-bond donors (Lipinski definition) is 2. The van der Waals surface area contributed by atoms with Gasteiger partial charge in [-0.25, -0.2) is 14.6 Å². The minimum Gasteiger partial charge on any atom is -0.350 e. The molecule has 0 atom stereocenters. The van der Waals surface area contributed by atoms with Crippen LogP contribution < -0.4 is 11.2 Å². The maximum absolute atomic E-state index is 13.2. The van der Waals surface area contributed by atoms with Gasteiger partial charge in [-0.3, -0.25) is 0 Å². The SMILES string of the molecule is CC(CSc1ccccc1F)=NNC(N)=O. The molecule has 1 aromatic rings. The van der Waals surface area contributed by atoms with Crippen LogP contribution in [0.15, 0.2) is 34.3 Å². The molecular formula is C10H12FN3OS. The summed E-state index contributed by atoms with van der Waals surface area (Å²) in [6.07, 6.45) is 0. The number of thioether (sulfide) groups is 1. The number of nitrogens with one attached hydrogen (secondary N) is 1. The van der Waals surface area contributed by atoms with Crippen LogP contribution in [0.4, 0.5) is 9.18 Å². The van der Waals surface area contributed by atoms with E-state index < -0.39 is 6.03 Å². The molecule has 0 spiro atoms. The second-order valence-electron chi connectivity index (χ2n) is 3.04. The Morgan fingerprint density at radius 3 is 2.88 bits per heavy atom. The Morgan fingerprint density at radius 2 is 2.25 bits per heavy atom. The number of benzene rings is 1. The molecule has 0 aliphatic rings. The summed E-state index contributed by atoms with van der Waals surface area (Å²) in [4.78, 5) is 10.9. The van der Waals surface area contributed by atoms with Crippen molar-refractivity contribution in [2.75, 3.05) is 5.75 Å². The summed E-state index contributed by atoms with van der Waals surface area (Å²) >= 11 is 1.31. The van der Waals surface area contributed by atoms with E-state index in [2.05, 4.69) is 10.5 Å². The predicted octanol–water partition coefficient (Wildman–Crippen LogP) is 1.96. The smallest absolute Gasteiger partial charge is 0.332 e. The van der Waals surface area contributed by atoms with Crippen molar-refractivity contribution in [1.82, 2.24) is 5.43 Å². The van der Waals surface area contributed by atoms with Crippen LogP contribution in [-0.4, -0.2) is 17.5 Å². The van der Waals surface area contributed by atoms with Crippen molar-refractivity contribution in [3.63, 3.8) is 0 Å². The van der Waals surface area contributed by atoms with E-state index in [0.717, 1.165) is 0 Å². The van der Waals surface area contributed by atoms with Gasteiger partial charge in [-0.1, -0.05) is 12.1 Å². The fourth-order valence-electron chi connectivity index (χ4n) is 0.927. The lowest BCUT2D eigenvalue weighted by Crippen LogP contribution is -2.25. The third kappa shape index (κ3) is 4.31. The number of rotatable bonds is 4. The van der Waals surface area contributed by atoms with Gasteiger partial charge in [0.15, 0.2) is 0 Å². The maximum Gasteiger partial charge on any atom is 0.332 e. The van der Waals surface area contributed by atoms with Crippen molar-refractivity contribution in [2.45, 2.75) is 11.8 Å². The van der Waals surface area contributed by atoms with Crippen LogP contribution in [0.3, 0.4) is 0 Å². The molecule has 0 unspecified atom stereocenters. The van der Waals surface area contributed by atoms with E-state index in [-0.39, 0.29) is 5.82 Å². The Kier molecular flexibility index (Phi) is 4.78. The van der Waals surface area contributed by atoms with E-state index in [9.17, 15) is 9.18 Å². The van der Waals surface area contributed by atoms with Gasteiger partial charge >= 0.3 is 6.03 Å². The van der Waals surface area contributed by atoms with Crippen molar-refractivity contribution in [1.29, 1.82) is 0 Å². The van der Waals surface area contributed by atoms with Gasteiger partial charge in [0.25, 0.3) is 0 Å². The van der Waals surface area contributed by atoms with E-state index >= 15 is 0 Å². The average Bonchev–Trinajstić information content (AvgIpc) is 2.25. The highest BCUT2D eigenvalue weighted by atomic mass is 32.2. The molecule has 0 aliphatic heterocycles. The van der Waals surface area contributed by atoms with Crippen LogP contribution in [0, 0.1) is 5.82 Å². The minimum absolute atomic E-state index is 0.261. The number of carbonyl (C=O) groups is 1. The van der Waals surface area contributed by atoms with Gasteiger partial charge in [0.05, 0.1) is 0 Å². The van der Waals surface area contributed by atoms with E-state index in [1.165, 1.54) is 17.8 Å². The summed E-state index contributed by atoms with van der Waals surface area (Å²) in [5.74, 6) is 0.226. The Labute approximate surface area is 97.1 Å². The summed E-state index contributed by atoms with van der Waals surface area (Å²) in [5, 5.41) is 3.72. The van der Waals surface area contributed by atoms with Crippen LogP contribution in [0.1, 0.15) is 6.92 Å². The zero-order valence-corrected chi connectivity index (χ0v) is 9.55. The van der Waals surface area contributed by atoms with Crippen LogP contribution >= 0.6 is 11.8 Å². The summed E-state index contributed by atoms with van der Waals surface area (Å²) in [6, 6.07) is 5.77. The van der Waals surface area contributed by atoms with Gasteiger partial charge in [-0.05, 0) is 19.1 Å². The number of nitrogens with two attached hydrogens (primary N) is 1. The molecule has 1 rings (SSSR count). The highest BCUT2D eigenvalue weighted by Gasteiger charge is 2.02. The maximum atomic E-state index is 13.2. The Hall–Kier alpha value is -1.56. The van der Waals surface area contributed by atoms with Crippen molar-refractivity contribution in [2.24, 2.45) is 10.8 Å². The molecule has 0 fully saturated rings. The number of halogens is 1. The Morgan fingerprint density at radius 1 is 1.56 bits per heavy atom. The lowest BCUT2D eigenvalue weighted by Gasteiger charge is -2.02. The molecule has 6 heteroatoms. The number of primary amides is 1. The first-order valence-electron chi connectivity index (χ1n) is 4.55. The molecule has 1 aromatic carbocycles. The van der Waals surface area contributed by atoms with E-state index in [1.54, 1.807) is 25.1 Å². The molecular weight excluding hydrogens is 229 g/mol. The van der Waals surface area contributed by atoms with E-state index in [1.807, 2.05) is 0 Å². The summed E-state index contributed by atoms with van der Waals surface area (Å²) < 4.78 is 13.2. The van der Waals surface area contributed by atoms with Gasteiger partial charge in [-0.2, -0.15) is 5.10 Å². The normalized spacial score (nSPS) is 11.2. The molecule has 0 saturated carbocycles. The number of carbonyl (C=O) groups excluding carboxylic acids is 1. The summed E-state index contributed by atoms with van der Waals surface area (Å²) in [5.41, 5.74) is 7.62. The van der Waals surface area contributed by atoms with Crippen molar-refractivity contribution >= 4 is 23.5 Å². The third-order valence-corrected chi connectivity index (χ3v) is 2.83. The molecule has 16 heavy (non-hydrogen) atoms. The lowest BCUT2D eigenvalue weighted by molar-refractivity contribution is 0.249. The monoisotopic (exact) mass is 241 g/mol. The van der Waals surface area contributed by atoms with E-state index in [0.29, 0.717) is 16.4 Å². The van der Waals surface area contributed by atoms with Crippen LogP contribution in [0.5, 0.6) is 0 Å². The Bertz CT molecular complexity index is 409. The van der Waals surface area contributed by atoms with Gasteiger partial charge in [0, 0.05) is 16.4 Å². The first kappa shape index (κ1) is 12.5. The summed E-state index contributed by atoms with van der Waals surface area (Å²) in [7, 11) is 0. The van der Waals surface area contributed by atoms with Gasteiger partial charge < -0.3 is 5.73 Å². The molecule has 3 N–H and O–H groups in total. The van der Waals surface area contributed by atoms with Crippen molar-refractivity contribution < 1.29 is 9.18 Å². The van der Waals surface area contributed by atoms with Crippen LogP contribution in [-0.2, 0) is 0 Å². The largest absolute Gasteiger partial charge is 0.350 e. The minimum atomic E-state index is -0.713. The lowest BCUT2D eigenvalue weighted by atomic mass is 10.3. The number of amides is 2. The zero-order valence-electron chi connectivity index (χ0n) is 8.74. The molecule has 0 bridgehead atoms. The van der Waals surface area contributed by atoms with Crippen molar-refractivity contribution in [3.8, 4) is 0 Å². The quantitative estimate of drug-likeness (QED) is 0.480. The second-order valence-corrected chi connectivity index (χ2v) is 4.06. The van der Waals surface area contributed by atoms with Crippen LogP contribution in [0.25, 0.3) is 0 Å².